The summed E-state index contributed by atoms with van der Waals surface area (Å²) in [6, 6.07) is 111. The molecule has 16 aromatic rings. The van der Waals surface area contributed by atoms with Crippen LogP contribution >= 0.6 is 0 Å². The second-order valence-corrected chi connectivity index (χ2v) is 20.9. The molecule has 0 spiro atoms. The molecule has 4 nitrogen and oxygen atoms in total. The van der Waals surface area contributed by atoms with Gasteiger partial charge in [-0.25, -0.2) is 0 Å². The maximum atomic E-state index is 2.43. The summed E-state index contributed by atoms with van der Waals surface area (Å²) in [4.78, 5) is 2.43. The molecule has 0 saturated heterocycles. The van der Waals surface area contributed by atoms with Gasteiger partial charge in [0.2, 0.25) is 0 Å². The zero-order valence-corrected chi connectivity index (χ0v) is 43.7. The summed E-state index contributed by atoms with van der Waals surface area (Å²) in [6.45, 7) is 0. The summed E-state index contributed by atoms with van der Waals surface area (Å²) >= 11 is 0. The van der Waals surface area contributed by atoms with Crippen molar-refractivity contribution in [2.75, 3.05) is 4.90 Å². The molecule has 0 amide bonds. The van der Waals surface area contributed by atoms with Crippen LogP contribution in [0.2, 0.25) is 0 Å². The van der Waals surface area contributed by atoms with E-state index in [9.17, 15) is 0 Å². The van der Waals surface area contributed by atoms with Crippen molar-refractivity contribution in [3.05, 3.63) is 303 Å². The molecule has 0 unspecified atom stereocenters. The van der Waals surface area contributed by atoms with E-state index < -0.39 is 0 Å². The number of para-hydroxylation sites is 6. The average molecular weight is 1020 g/mol. The van der Waals surface area contributed by atoms with Crippen molar-refractivity contribution in [2.24, 2.45) is 0 Å². The maximum Gasteiger partial charge on any atom is 0.0547 e. The van der Waals surface area contributed by atoms with Gasteiger partial charge in [0, 0.05) is 66.1 Å². The molecule has 16 rings (SSSR count). The first kappa shape index (κ1) is 45.5. The lowest BCUT2D eigenvalue weighted by Crippen LogP contribution is -2.10. The van der Waals surface area contributed by atoms with Crippen molar-refractivity contribution in [1.29, 1.82) is 0 Å². The zero-order valence-electron chi connectivity index (χ0n) is 43.7. The smallest absolute Gasteiger partial charge is 0.0547 e. The van der Waals surface area contributed by atoms with Crippen LogP contribution in [0.3, 0.4) is 0 Å². The predicted octanol–water partition coefficient (Wildman–Crippen LogP) is 20.6. The molecule has 0 aliphatic heterocycles. The van der Waals surface area contributed by atoms with Gasteiger partial charge in [-0.2, -0.15) is 0 Å². The number of hydrogen-bond acceptors (Lipinski definition) is 1. The molecule has 0 N–H and O–H groups in total. The average Bonchev–Trinajstić information content (AvgIpc) is 4.31. The van der Waals surface area contributed by atoms with Crippen molar-refractivity contribution in [3.8, 4) is 50.4 Å². The van der Waals surface area contributed by atoms with Crippen LogP contribution in [0, 0.1) is 0 Å². The minimum Gasteiger partial charge on any atom is -0.310 e. The predicted molar refractivity (Wildman–Crippen MR) is 338 cm³/mol. The van der Waals surface area contributed by atoms with Gasteiger partial charge in [0.05, 0.1) is 38.8 Å². The Morgan fingerprint density at radius 2 is 0.550 bits per heavy atom. The van der Waals surface area contributed by atoms with E-state index >= 15 is 0 Å². The highest BCUT2D eigenvalue weighted by Gasteiger charge is 2.21. The molecule has 0 fully saturated rings. The molecular weight excluding hydrogens is 969 g/mol. The largest absolute Gasteiger partial charge is 0.310 e. The van der Waals surface area contributed by atoms with Crippen LogP contribution in [0.15, 0.2) is 303 Å². The molecule has 374 valence electrons. The second-order valence-electron chi connectivity index (χ2n) is 20.9. The number of anilines is 3. The highest BCUT2D eigenvalue weighted by atomic mass is 15.1. The molecule has 13 aromatic carbocycles. The van der Waals surface area contributed by atoms with Crippen LogP contribution in [-0.2, 0) is 0 Å². The Morgan fingerprint density at radius 1 is 0.200 bits per heavy atom. The third kappa shape index (κ3) is 7.31. The van der Waals surface area contributed by atoms with E-state index in [2.05, 4.69) is 322 Å². The lowest BCUT2D eigenvalue weighted by molar-refractivity contribution is 1.18. The molecule has 0 radical (unpaired) electrons. The van der Waals surface area contributed by atoms with Crippen molar-refractivity contribution in [1.82, 2.24) is 13.7 Å². The first-order chi connectivity index (χ1) is 39.7. The van der Waals surface area contributed by atoms with Crippen molar-refractivity contribution >= 4 is 93.3 Å². The number of aromatic nitrogens is 3. The number of hydrogen-bond donors (Lipinski definition) is 0. The molecule has 3 aromatic heterocycles. The minimum absolute atomic E-state index is 1.07. The molecule has 0 aliphatic carbocycles. The molecule has 4 heteroatoms. The summed E-state index contributed by atoms with van der Waals surface area (Å²) in [5, 5.41) is 9.81. The van der Waals surface area contributed by atoms with Gasteiger partial charge in [-0.05, 0) is 154 Å². The number of fused-ring (bicyclic) bond motifs is 10. The van der Waals surface area contributed by atoms with E-state index in [1.54, 1.807) is 0 Å². The van der Waals surface area contributed by atoms with Crippen LogP contribution in [0.4, 0.5) is 17.1 Å². The monoisotopic (exact) mass is 1020 g/mol. The third-order valence-corrected chi connectivity index (χ3v) is 16.4. The van der Waals surface area contributed by atoms with Crippen molar-refractivity contribution in [2.45, 2.75) is 0 Å². The van der Waals surface area contributed by atoms with Gasteiger partial charge >= 0.3 is 0 Å². The van der Waals surface area contributed by atoms with E-state index in [0.29, 0.717) is 0 Å². The fraction of sp³-hybridized carbons (Fsp3) is 0. The standard InChI is InChI=1S/C76H50N4/c1-4-18-56(19-5-1)78-71-30-16-13-27-65(71)68-48-53(37-45-74(68)78)51-32-39-59(40-33-51)77(60-41-34-52(35-42-60)54-36-43-67-64-26-12-15-29-70(64)80(76(67)50-54)58-22-8-3-9-23-58)73-47-44-61(62-24-10-11-25-63(62)73)55-38-46-75-69(49-55)66-28-14-17-31-72(66)79(75)57-20-6-2-7-21-57/h1-50H. The Hall–Kier alpha value is -10.7. The van der Waals surface area contributed by atoms with Crippen molar-refractivity contribution in [3.63, 3.8) is 0 Å². The molecule has 3 heterocycles. The Bertz CT molecular complexity index is 5030. The molecule has 0 bridgehead atoms. The van der Waals surface area contributed by atoms with Gasteiger partial charge in [0.15, 0.2) is 0 Å². The number of rotatable bonds is 9. The summed E-state index contributed by atoms with van der Waals surface area (Å²) in [6.07, 6.45) is 0. The molecule has 0 aliphatic rings. The summed E-state index contributed by atoms with van der Waals surface area (Å²) < 4.78 is 7.16. The van der Waals surface area contributed by atoms with Crippen molar-refractivity contribution < 1.29 is 0 Å². The molecular formula is C76H50N4. The fourth-order valence-electron chi connectivity index (χ4n) is 12.8. The van der Waals surface area contributed by atoms with Gasteiger partial charge in [0.25, 0.3) is 0 Å². The quantitative estimate of drug-likeness (QED) is 0.141. The van der Waals surface area contributed by atoms with Gasteiger partial charge in [-0.1, -0.05) is 188 Å². The number of nitrogens with zero attached hydrogens (tertiary/aromatic N) is 4. The highest BCUT2D eigenvalue weighted by molar-refractivity contribution is 6.14. The first-order valence-corrected chi connectivity index (χ1v) is 27.5. The Morgan fingerprint density at radius 3 is 1.06 bits per heavy atom. The Labute approximate surface area is 463 Å². The van der Waals surface area contributed by atoms with Gasteiger partial charge in [0.1, 0.15) is 0 Å². The summed E-state index contributed by atoms with van der Waals surface area (Å²) in [7, 11) is 0. The van der Waals surface area contributed by atoms with E-state index in [-0.39, 0.29) is 0 Å². The van der Waals surface area contributed by atoms with Gasteiger partial charge in [-0.3, -0.25) is 0 Å². The van der Waals surface area contributed by atoms with E-state index in [0.717, 1.165) is 45.3 Å². The normalized spacial score (nSPS) is 11.8. The van der Waals surface area contributed by atoms with E-state index in [4.69, 9.17) is 0 Å². The molecule has 0 saturated carbocycles. The first-order valence-electron chi connectivity index (χ1n) is 27.5. The molecule has 0 atom stereocenters. The highest BCUT2D eigenvalue weighted by Crippen LogP contribution is 2.45. The van der Waals surface area contributed by atoms with E-state index in [1.165, 1.54) is 98.4 Å². The van der Waals surface area contributed by atoms with Gasteiger partial charge < -0.3 is 18.6 Å². The van der Waals surface area contributed by atoms with Crippen LogP contribution < -0.4 is 4.90 Å². The third-order valence-electron chi connectivity index (χ3n) is 16.4. The topological polar surface area (TPSA) is 18.0 Å². The lowest BCUT2D eigenvalue weighted by Gasteiger charge is -2.28. The second kappa shape index (κ2) is 18.5. The molecule has 80 heavy (non-hydrogen) atoms. The SMILES string of the molecule is c1ccc(-n2c3ccccc3c3cc(-c4ccc(N(c5ccc(-c6ccc7c8ccccc8n(-c8ccccc8)c7c6)cc5)c5ccc(-c6ccc7c(c6)c6ccccc6n7-c6ccccc6)c6ccccc56)cc4)ccc32)cc1. The van der Waals surface area contributed by atoms with Crippen LogP contribution in [0.1, 0.15) is 0 Å². The fourth-order valence-corrected chi connectivity index (χ4v) is 12.8. The maximum absolute atomic E-state index is 2.43. The zero-order chi connectivity index (χ0) is 52.7. The van der Waals surface area contributed by atoms with Crippen LogP contribution in [0.5, 0.6) is 0 Å². The van der Waals surface area contributed by atoms with E-state index in [1.807, 2.05) is 0 Å². The summed E-state index contributed by atoms with van der Waals surface area (Å²) in [5.74, 6) is 0. The van der Waals surface area contributed by atoms with Gasteiger partial charge in [-0.15, -0.1) is 0 Å². The minimum atomic E-state index is 1.07. The van der Waals surface area contributed by atoms with Crippen LogP contribution in [-0.4, -0.2) is 13.7 Å². The Kier molecular flexibility index (Phi) is 10.5. The lowest BCUT2D eigenvalue weighted by atomic mass is 9.95. The Balaban J connectivity index is 0.830. The van der Waals surface area contributed by atoms with Crippen LogP contribution in [0.25, 0.3) is 127 Å². The summed E-state index contributed by atoms with van der Waals surface area (Å²) in [5.41, 5.74) is 20.9. The number of benzene rings is 13.